The van der Waals surface area contributed by atoms with Crippen molar-refractivity contribution in [2.24, 2.45) is 5.84 Å². The van der Waals surface area contributed by atoms with Gasteiger partial charge in [0.05, 0.1) is 0 Å². The Morgan fingerprint density at radius 1 is 1.75 bits per heavy atom. The SMILES string of the molecule is Cc1cc(C(=O)NN)nc(=O)[nH]1. The summed E-state index contributed by atoms with van der Waals surface area (Å²) in [7, 11) is 0. The third-order valence-electron chi connectivity index (χ3n) is 1.24. The normalized spacial score (nSPS) is 9.50. The molecule has 1 heterocycles. The molecule has 1 aromatic heterocycles. The van der Waals surface area contributed by atoms with Gasteiger partial charge in [0, 0.05) is 5.69 Å². The number of aromatic nitrogens is 2. The lowest BCUT2D eigenvalue weighted by molar-refractivity contribution is 0.0948. The molecule has 0 atom stereocenters. The molecule has 0 aromatic carbocycles. The van der Waals surface area contributed by atoms with Gasteiger partial charge < -0.3 is 4.98 Å². The van der Waals surface area contributed by atoms with Crippen molar-refractivity contribution in [3.63, 3.8) is 0 Å². The molecule has 0 saturated carbocycles. The number of hydrogen-bond donors (Lipinski definition) is 3. The van der Waals surface area contributed by atoms with Crippen LogP contribution in [-0.2, 0) is 0 Å². The second-order valence-corrected chi connectivity index (χ2v) is 2.23. The molecule has 1 amide bonds. The zero-order valence-electron chi connectivity index (χ0n) is 6.42. The van der Waals surface area contributed by atoms with Crippen LogP contribution in [0.3, 0.4) is 0 Å². The van der Waals surface area contributed by atoms with Gasteiger partial charge in [-0.25, -0.2) is 10.6 Å². The summed E-state index contributed by atoms with van der Waals surface area (Å²) in [6.45, 7) is 1.65. The molecule has 0 aliphatic carbocycles. The summed E-state index contributed by atoms with van der Waals surface area (Å²) in [4.78, 5) is 27.4. The van der Waals surface area contributed by atoms with E-state index in [0.29, 0.717) is 5.69 Å². The summed E-state index contributed by atoms with van der Waals surface area (Å²) >= 11 is 0. The smallest absolute Gasteiger partial charge is 0.310 e. The van der Waals surface area contributed by atoms with Crippen LogP contribution in [0.25, 0.3) is 0 Å². The number of nitrogens with two attached hydrogens (primary N) is 1. The summed E-state index contributed by atoms with van der Waals surface area (Å²) in [5.74, 6) is 4.27. The van der Waals surface area contributed by atoms with E-state index in [-0.39, 0.29) is 5.69 Å². The molecule has 12 heavy (non-hydrogen) atoms. The quantitative estimate of drug-likeness (QED) is 0.275. The van der Waals surface area contributed by atoms with Crippen molar-refractivity contribution in [3.8, 4) is 0 Å². The number of carbonyl (C=O) groups excluding carboxylic acids is 1. The largest absolute Gasteiger partial charge is 0.345 e. The standard InChI is InChI=1S/C6H8N4O2/c1-3-2-4(5(11)10-7)9-6(12)8-3/h2H,7H2,1H3,(H,10,11)(H,8,9,12). The molecule has 1 aromatic rings. The van der Waals surface area contributed by atoms with Crippen LogP contribution in [0.2, 0.25) is 0 Å². The van der Waals surface area contributed by atoms with E-state index in [4.69, 9.17) is 5.84 Å². The van der Waals surface area contributed by atoms with Crippen molar-refractivity contribution < 1.29 is 4.79 Å². The molecular formula is C6H8N4O2. The first-order chi connectivity index (χ1) is 5.63. The molecule has 0 saturated heterocycles. The number of aromatic amines is 1. The van der Waals surface area contributed by atoms with Crippen LogP contribution >= 0.6 is 0 Å². The molecule has 4 N–H and O–H groups in total. The van der Waals surface area contributed by atoms with E-state index < -0.39 is 11.6 Å². The first kappa shape index (κ1) is 8.41. The maximum Gasteiger partial charge on any atom is 0.345 e. The summed E-state index contributed by atoms with van der Waals surface area (Å²) < 4.78 is 0. The Labute approximate surface area is 67.8 Å². The Morgan fingerprint density at radius 2 is 2.42 bits per heavy atom. The molecule has 1 rings (SSSR count). The summed E-state index contributed by atoms with van der Waals surface area (Å²) in [6.07, 6.45) is 0. The van der Waals surface area contributed by atoms with E-state index in [1.807, 2.05) is 5.43 Å². The Morgan fingerprint density at radius 3 is 2.92 bits per heavy atom. The van der Waals surface area contributed by atoms with Gasteiger partial charge in [0.1, 0.15) is 5.69 Å². The van der Waals surface area contributed by atoms with E-state index in [2.05, 4.69) is 9.97 Å². The van der Waals surface area contributed by atoms with Crippen LogP contribution in [0.1, 0.15) is 16.2 Å². The number of hydrazine groups is 1. The van der Waals surface area contributed by atoms with Crippen molar-refractivity contribution in [1.29, 1.82) is 0 Å². The van der Waals surface area contributed by atoms with Crippen molar-refractivity contribution in [3.05, 3.63) is 27.9 Å². The van der Waals surface area contributed by atoms with Crippen molar-refractivity contribution in [2.45, 2.75) is 6.92 Å². The fourth-order valence-electron chi connectivity index (χ4n) is 0.770. The highest BCUT2D eigenvalue weighted by atomic mass is 16.2. The minimum Gasteiger partial charge on any atom is -0.310 e. The molecule has 0 radical (unpaired) electrons. The van der Waals surface area contributed by atoms with Crippen LogP contribution in [-0.4, -0.2) is 15.9 Å². The monoisotopic (exact) mass is 168 g/mol. The highest BCUT2D eigenvalue weighted by molar-refractivity contribution is 5.91. The zero-order chi connectivity index (χ0) is 9.14. The Hall–Kier alpha value is -1.69. The number of rotatable bonds is 1. The average molecular weight is 168 g/mol. The Balaban J connectivity index is 3.17. The molecule has 0 aliphatic rings. The lowest BCUT2D eigenvalue weighted by Gasteiger charge is -1.97. The summed E-state index contributed by atoms with van der Waals surface area (Å²) in [6, 6.07) is 1.43. The third kappa shape index (κ3) is 1.67. The number of carbonyl (C=O) groups is 1. The van der Waals surface area contributed by atoms with E-state index in [1.165, 1.54) is 6.07 Å². The maximum atomic E-state index is 10.9. The van der Waals surface area contributed by atoms with Crippen LogP contribution in [0.4, 0.5) is 0 Å². The maximum absolute atomic E-state index is 10.9. The van der Waals surface area contributed by atoms with Gasteiger partial charge >= 0.3 is 5.69 Å². The highest BCUT2D eigenvalue weighted by Gasteiger charge is 2.05. The van der Waals surface area contributed by atoms with Crippen molar-refractivity contribution in [2.75, 3.05) is 0 Å². The number of hydrogen-bond acceptors (Lipinski definition) is 4. The summed E-state index contributed by atoms with van der Waals surface area (Å²) in [5, 5.41) is 0. The molecular weight excluding hydrogens is 160 g/mol. The topological polar surface area (TPSA) is 101 Å². The molecule has 0 aliphatic heterocycles. The average Bonchev–Trinajstić information content (AvgIpc) is 2.01. The highest BCUT2D eigenvalue weighted by Crippen LogP contribution is 1.92. The van der Waals surface area contributed by atoms with E-state index >= 15 is 0 Å². The first-order valence-electron chi connectivity index (χ1n) is 3.22. The van der Waals surface area contributed by atoms with Gasteiger partial charge in [0.25, 0.3) is 5.91 Å². The number of nitrogen functional groups attached to an aromatic ring is 1. The number of nitrogens with one attached hydrogen (secondary N) is 2. The van der Waals surface area contributed by atoms with Gasteiger partial charge in [-0.05, 0) is 13.0 Å². The van der Waals surface area contributed by atoms with E-state index in [0.717, 1.165) is 0 Å². The third-order valence-corrected chi connectivity index (χ3v) is 1.24. The fraction of sp³-hybridized carbons (Fsp3) is 0.167. The second-order valence-electron chi connectivity index (χ2n) is 2.23. The molecule has 0 bridgehead atoms. The van der Waals surface area contributed by atoms with Crippen molar-refractivity contribution >= 4 is 5.91 Å². The first-order valence-corrected chi connectivity index (χ1v) is 3.22. The van der Waals surface area contributed by atoms with Crippen molar-refractivity contribution in [1.82, 2.24) is 15.4 Å². The lowest BCUT2D eigenvalue weighted by Crippen LogP contribution is -2.32. The van der Waals surface area contributed by atoms with Gasteiger partial charge in [0.15, 0.2) is 0 Å². The minimum absolute atomic E-state index is 0.0127. The summed E-state index contributed by atoms with van der Waals surface area (Å²) in [5.41, 5.74) is 1.90. The second kappa shape index (κ2) is 3.14. The Kier molecular flexibility index (Phi) is 2.20. The number of nitrogens with zero attached hydrogens (tertiary/aromatic N) is 1. The predicted molar refractivity (Wildman–Crippen MR) is 41.2 cm³/mol. The van der Waals surface area contributed by atoms with Crippen LogP contribution in [0.15, 0.2) is 10.9 Å². The minimum atomic E-state index is -0.579. The predicted octanol–water partition coefficient (Wildman–Crippen LogP) is -1.32. The van der Waals surface area contributed by atoms with Gasteiger partial charge in [0.2, 0.25) is 0 Å². The van der Waals surface area contributed by atoms with Gasteiger partial charge in [-0.15, -0.1) is 0 Å². The number of H-pyrrole nitrogens is 1. The van der Waals surface area contributed by atoms with Crippen LogP contribution in [0.5, 0.6) is 0 Å². The molecule has 6 heteroatoms. The van der Waals surface area contributed by atoms with E-state index in [1.54, 1.807) is 6.92 Å². The van der Waals surface area contributed by atoms with Gasteiger partial charge in [-0.1, -0.05) is 0 Å². The molecule has 0 unspecified atom stereocenters. The number of amides is 1. The van der Waals surface area contributed by atoms with Crippen LogP contribution in [0, 0.1) is 6.92 Å². The van der Waals surface area contributed by atoms with Gasteiger partial charge in [-0.3, -0.25) is 10.2 Å². The molecule has 64 valence electrons. The fourth-order valence-corrected chi connectivity index (χ4v) is 0.770. The molecule has 0 fully saturated rings. The molecule has 0 spiro atoms. The Bertz CT molecular complexity index is 357. The zero-order valence-corrected chi connectivity index (χ0v) is 6.42. The van der Waals surface area contributed by atoms with E-state index in [9.17, 15) is 9.59 Å². The van der Waals surface area contributed by atoms with Crippen LogP contribution < -0.4 is 17.0 Å². The molecule has 6 nitrogen and oxygen atoms in total. The van der Waals surface area contributed by atoms with Gasteiger partial charge in [-0.2, -0.15) is 4.98 Å². The lowest BCUT2D eigenvalue weighted by atomic mass is 10.3. The number of aryl methyl sites for hydroxylation is 1.